The van der Waals surface area contributed by atoms with E-state index < -0.39 is 6.10 Å². The molecule has 1 N–H and O–H groups in total. The van der Waals surface area contributed by atoms with E-state index in [0.29, 0.717) is 33.8 Å². The molecule has 0 bridgehead atoms. The minimum absolute atomic E-state index is 0.342. The highest BCUT2D eigenvalue weighted by atomic mass is 32.2. The Morgan fingerprint density at radius 3 is 2.75 bits per heavy atom. The summed E-state index contributed by atoms with van der Waals surface area (Å²) in [6, 6.07) is 5.86. The lowest BCUT2D eigenvalue weighted by Gasteiger charge is -2.22. The van der Waals surface area contributed by atoms with Crippen molar-refractivity contribution in [2.45, 2.75) is 17.4 Å². The Kier molecular flexibility index (Phi) is 6.68. The quantitative estimate of drug-likeness (QED) is 0.583. The molecule has 1 aliphatic heterocycles. The molecule has 11 heteroatoms. The molecule has 1 aromatic carbocycles. The van der Waals surface area contributed by atoms with Crippen LogP contribution in [-0.4, -0.2) is 60.8 Å². The average molecular weight is 472 g/mol. The first-order valence-corrected chi connectivity index (χ1v) is 11.4. The zero-order valence-corrected chi connectivity index (χ0v) is 19.5. The number of aryl methyl sites for hydroxylation is 1. The number of nitrogens with zero attached hydrogens (tertiary/aromatic N) is 4. The summed E-state index contributed by atoms with van der Waals surface area (Å²) in [6.45, 7) is 2.01. The highest BCUT2D eigenvalue weighted by Crippen LogP contribution is 2.32. The molecule has 4 rings (SSSR count). The average Bonchev–Trinajstić information content (AvgIpc) is 3.24. The van der Waals surface area contributed by atoms with Crippen LogP contribution in [0.1, 0.15) is 5.56 Å². The molecule has 166 valence electrons. The van der Waals surface area contributed by atoms with Gasteiger partial charge < -0.3 is 19.5 Å². The fourth-order valence-electron chi connectivity index (χ4n) is 3.13. The van der Waals surface area contributed by atoms with Gasteiger partial charge in [-0.1, -0.05) is 29.2 Å². The smallest absolute Gasteiger partial charge is 0.280 e. The third-order valence-electron chi connectivity index (χ3n) is 4.68. The summed E-state index contributed by atoms with van der Waals surface area (Å²) < 4.78 is 16.8. The van der Waals surface area contributed by atoms with Gasteiger partial charge in [0, 0.05) is 13.2 Å². The molecule has 32 heavy (non-hydrogen) atoms. The maximum absolute atomic E-state index is 12.5. The predicted octanol–water partition coefficient (Wildman–Crippen LogP) is 3.56. The number of ether oxygens (including phenoxy) is 3. The highest BCUT2D eigenvalue weighted by molar-refractivity contribution is 8.01. The van der Waals surface area contributed by atoms with Crippen molar-refractivity contribution in [2.24, 2.45) is 9.98 Å². The number of fused-ring (bicyclic) bond motifs is 1. The van der Waals surface area contributed by atoms with Crippen LogP contribution < -0.4 is 10.1 Å². The van der Waals surface area contributed by atoms with Crippen LogP contribution in [0.2, 0.25) is 0 Å². The van der Waals surface area contributed by atoms with Crippen molar-refractivity contribution in [3.05, 3.63) is 47.2 Å². The van der Waals surface area contributed by atoms with Gasteiger partial charge in [-0.2, -0.15) is 4.99 Å². The van der Waals surface area contributed by atoms with Crippen LogP contribution in [0, 0.1) is 6.92 Å². The van der Waals surface area contributed by atoms with E-state index in [1.165, 1.54) is 23.1 Å². The number of carbonyl (C=O) groups excluding carboxylic acids is 1. The highest BCUT2D eigenvalue weighted by Gasteiger charge is 2.29. The van der Waals surface area contributed by atoms with Gasteiger partial charge in [0.2, 0.25) is 5.13 Å². The minimum Gasteiger partial charge on any atom is -0.498 e. The van der Waals surface area contributed by atoms with Gasteiger partial charge in [-0.3, -0.25) is 4.79 Å². The molecular weight excluding hydrogens is 450 g/mol. The van der Waals surface area contributed by atoms with E-state index in [-0.39, 0.29) is 5.91 Å². The lowest BCUT2D eigenvalue weighted by Crippen LogP contribution is -2.27. The lowest BCUT2D eigenvalue weighted by molar-refractivity contribution is -0.114. The number of aliphatic imine (C=N–C) groups is 2. The second-order valence-corrected chi connectivity index (χ2v) is 9.01. The van der Waals surface area contributed by atoms with E-state index in [9.17, 15) is 4.79 Å². The molecule has 9 nitrogen and oxygen atoms in total. The fourth-order valence-corrected chi connectivity index (χ4v) is 4.75. The summed E-state index contributed by atoms with van der Waals surface area (Å²) in [4.78, 5) is 21.1. The third-order valence-corrected chi connectivity index (χ3v) is 6.65. The van der Waals surface area contributed by atoms with Crippen molar-refractivity contribution in [1.29, 1.82) is 0 Å². The number of benzene rings is 1. The standard InChI is InChI=1S/C21H21N5O4S2/c1-11-5-6-15(28-2)14(7-11)23-20-25-26-21(32-20)31-10-18-22-13-9-17(30-4)16(29-3)8-12(13)19(27)24-18/h5-9,16H,10H2,1-4H3,(H,23,25). The van der Waals surface area contributed by atoms with E-state index in [4.69, 9.17) is 14.2 Å². The van der Waals surface area contributed by atoms with Crippen LogP contribution >= 0.6 is 23.1 Å². The van der Waals surface area contributed by atoms with E-state index in [2.05, 4.69) is 25.5 Å². The predicted molar refractivity (Wildman–Crippen MR) is 125 cm³/mol. The summed E-state index contributed by atoms with van der Waals surface area (Å²) in [5.74, 6) is 1.77. The SMILES string of the molecule is COC1=CC2=NC(CSc3nnc(Nc4cc(C)ccc4OC)s3)=NC(=O)C2=CC1OC. The molecule has 2 aromatic rings. The summed E-state index contributed by atoms with van der Waals surface area (Å²) in [5, 5.41) is 12.3. The molecule has 0 spiro atoms. The van der Waals surface area contributed by atoms with Crippen molar-refractivity contribution in [1.82, 2.24) is 10.2 Å². The van der Waals surface area contributed by atoms with Gasteiger partial charge in [0.15, 0.2) is 4.34 Å². The molecule has 1 amide bonds. The molecule has 0 saturated carbocycles. The van der Waals surface area contributed by atoms with Crippen LogP contribution in [0.3, 0.4) is 0 Å². The topological polar surface area (TPSA) is 107 Å². The van der Waals surface area contributed by atoms with Gasteiger partial charge in [-0.05, 0) is 30.7 Å². The third kappa shape index (κ3) is 4.74. The number of anilines is 2. The first-order chi connectivity index (χ1) is 15.5. The van der Waals surface area contributed by atoms with Crippen molar-refractivity contribution in [3.8, 4) is 5.75 Å². The Morgan fingerprint density at radius 2 is 2.00 bits per heavy atom. The molecule has 1 unspecified atom stereocenters. The number of amidine groups is 1. The second kappa shape index (κ2) is 9.63. The largest absolute Gasteiger partial charge is 0.498 e. The van der Waals surface area contributed by atoms with Gasteiger partial charge in [-0.25, -0.2) is 4.99 Å². The number of allylic oxidation sites excluding steroid dienone is 1. The number of aromatic nitrogens is 2. The number of hydrogen-bond donors (Lipinski definition) is 1. The number of nitrogens with one attached hydrogen (secondary N) is 1. The van der Waals surface area contributed by atoms with Crippen LogP contribution in [0.25, 0.3) is 0 Å². The Morgan fingerprint density at radius 1 is 1.16 bits per heavy atom. The number of carbonyl (C=O) groups is 1. The van der Waals surface area contributed by atoms with E-state index in [1.54, 1.807) is 33.5 Å². The first-order valence-electron chi connectivity index (χ1n) is 9.60. The Balaban J connectivity index is 1.44. The summed E-state index contributed by atoms with van der Waals surface area (Å²) >= 11 is 2.81. The normalized spacial score (nSPS) is 17.6. The fraction of sp³-hybridized carbons (Fsp3) is 0.286. The maximum Gasteiger partial charge on any atom is 0.280 e. The number of methoxy groups -OCH3 is 3. The van der Waals surface area contributed by atoms with Crippen LogP contribution in [0.4, 0.5) is 10.8 Å². The van der Waals surface area contributed by atoms with Gasteiger partial charge in [0.25, 0.3) is 5.91 Å². The van der Waals surface area contributed by atoms with E-state index >= 15 is 0 Å². The summed E-state index contributed by atoms with van der Waals surface area (Å²) in [7, 11) is 4.73. The van der Waals surface area contributed by atoms with Crippen molar-refractivity contribution in [3.63, 3.8) is 0 Å². The van der Waals surface area contributed by atoms with Gasteiger partial charge in [0.05, 0.1) is 36.9 Å². The molecule has 1 atom stereocenters. The Bertz CT molecular complexity index is 1170. The van der Waals surface area contributed by atoms with Gasteiger partial charge >= 0.3 is 0 Å². The van der Waals surface area contributed by atoms with Crippen LogP contribution in [0.5, 0.6) is 5.75 Å². The van der Waals surface area contributed by atoms with Crippen LogP contribution in [-0.2, 0) is 14.3 Å². The van der Waals surface area contributed by atoms with Crippen molar-refractivity contribution < 1.29 is 19.0 Å². The molecule has 2 aliphatic rings. The number of amides is 1. The molecule has 1 aromatic heterocycles. The molecule has 0 fully saturated rings. The number of thioether (sulfide) groups is 1. The maximum atomic E-state index is 12.5. The molecule has 2 heterocycles. The van der Waals surface area contributed by atoms with Gasteiger partial charge in [-0.15, -0.1) is 10.2 Å². The molecule has 1 aliphatic carbocycles. The number of rotatable bonds is 8. The minimum atomic E-state index is -0.427. The molecular formula is C21H21N5O4S2. The lowest BCUT2D eigenvalue weighted by atomic mass is 9.99. The first kappa shape index (κ1) is 22.2. The van der Waals surface area contributed by atoms with E-state index in [0.717, 1.165) is 21.3 Å². The second-order valence-electron chi connectivity index (χ2n) is 6.81. The van der Waals surface area contributed by atoms with Crippen molar-refractivity contribution in [2.75, 3.05) is 32.4 Å². The van der Waals surface area contributed by atoms with Crippen LogP contribution in [0.15, 0.2) is 56.0 Å². The summed E-state index contributed by atoms with van der Waals surface area (Å²) in [5.41, 5.74) is 2.86. The molecule has 0 radical (unpaired) electrons. The van der Waals surface area contributed by atoms with E-state index in [1.807, 2.05) is 25.1 Å². The van der Waals surface area contributed by atoms with Gasteiger partial charge in [0.1, 0.15) is 23.4 Å². The monoisotopic (exact) mass is 471 g/mol. The van der Waals surface area contributed by atoms with Crippen molar-refractivity contribution >= 4 is 51.4 Å². The zero-order valence-electron chi connectivity index (χ0n) is 17.9. The Hall–Kier alpha value is -3.02. The zero-order chi connectivity index (χ0) is 22.7. The Labute approximate surface area is 193 Å². The summed E-state index contributed by atoms with van der Waals surface area (Å²) in [6.07, 6.45) is 2.96. The molecule has 0 saturated heterocycles. The number of hydrogen-bond acceptors (Lipinski definition) is 10.